The van der Waals surface area contributed by atoms with Gasteiger partial charge in [-0.3, -0.25) is 30.0 Å². The number of rotatable bonds is 11. The molecule has 0 aliphatic rings. The molecule has 0 aromatic heterocycles. The van der Waals surface area contributed by atoms with Crippen molar-refractivity contribution >= 4 is 104 Å². The lowest BCUT2D eigenvalue weighted by molar-refractivity contribution is -0.116. The van der Waals surface area contributed by atoms with E-state index in [4.69, 9.17) is 46.4 Å². The van der Waals surface area contributed by atoms with Gasteiger partial charge < -0.3 is 10.6 Å². The third kappa shape index (κ3) is 8.70. The summed E-state index contributed by atoms with van der Waals surface area (Å²) in [7, 11) is 0. The number of para-hydroxylation sites is 2. The Hall–Kier alpha value is -4.74. The van der Waals surface area contributed by atoms with Gasteiger partial charge in [-0.2, -0.15) is 10.2 Å². The third-order valence-corrected chi connectivity index (χ3v) is 7.47. The molecule has 0 fully saturated rings. The maximum absolute atomic E-state index is 12.7. The van der Waals surface area contributed by atoms with Gasteiger partial charge in [-0.05, 0) is 59.7 Å². The number of carbonyl (C=O) groups is 4. The predicted molar refractivity (Wildman–Crippen MR) is 186 cm³/mol. The smallest absolute Gasteiger partial charge is 0.279 e. The Morgan fingerprint density at radius 1 is 0.500 bits per heavy atom. The molecule has 2 amide bonds. The van der Waals surface area contributed by atoms with Crippen LogP contribution >= 0.6 is 46.4 Å². The molecule has 0 aliphatic heterocycles. The minimum absolute atomic E-state index is 0.245. The Morgan fingerprint density at radius 2 is 0.870 bits per heavy atom. The molecule has 0 bridgehead atoms. The van der Waals surface area contributed by atoms with E-state index in [0.717, 1.165) is 0 Å². The maximum Gasteiger partial charge on any atom is 0.279 e. The zero-order valence-corrected chi connectivity index (χ0v) is 27.1. The van der Waals surface area contributed by atoms with Crippen LogP contribution in [0.1, 0.15) is 13.8 Å². The fourth-order valence-electron chi connectivity index (χ4n) is 3.87. The van der Waals surface area contributed by atoms with Crippen molar-refractivity contribution in [1.82, 2.24) is 0 Å². The second kappa shape index (κ2) is 15.5. The first kappa shape index (κ1) is 34.1. The molecule has 46 heavy (non-hydrogen) atoms. The number of hydrazone groups is 2. The second-order valence-corrected chi connectivity index (χ2v) is 11.1. The number of ketones is 2. The lowest BCUT2D eigenvalue weighted by Gasteiger charge is -2.11. The van der Waals surface area contributed by atoms with E-state index >= 15 is 0 Å². The standard InChI is InChI=1S/C32H24Cl4N6O4/c1-17(43)29(31(45)37-25-9-5-3-7-21(25)33)41-39-27-13-11-19(15-23(27)35)20-12-14-28(24(36)16-20)40-42-30(18(2)44)32(46)38-26-10-6-4-8-22(26)34/h3-16,39-40H,1-2H3,(H,37,45)(H,38,46). The van der Waals surface area contributed by atoms with Gasteiger partial charge in [0.1, 0.15) is 0 Å². The van der Waals surface area contributed by atoms with Gasteiger partial charge in [0.25, 0.3) is 11.8 Å². The highest BCUT2D eigenvalue weighted by atomic mass is 35.5. The molecule has 0 atom stereocenters. The topological polar surface area (TPSA) is 141 Å². The first-order chi connectivity index (χ1) is 21.9. The molecule has 0 saturated heterocycles. The Morgan fingerprint density at radius 3 is 1.20 bits per heavy atom. The van der Waals surface area contributed by atoms with Crippen molar-refractivity contribution in [3.63, 3.8) is 0 Å². The van der Waals surface area contributed by atoms with Crippen molar-refractivity contribution in [1.29, 1.82) is 0 Å². The average molecular weight is 698 g/mol. The summed E-state index contributed by atoms with van der Waals surface area (Å²) in [5.41, 5.74) is 7.25. The van der Waals surface area contributed by atoms with Crippen LogP contribution in [0, 0.1) is 0 Å². The number of hydrogen-bond donors (Lipinski definition) is 4. The van der Waals surface area contributed by atoms with Crippen molar-refractivity contribution < 1.29 is 19.2 Å². The highest BCUT2D eigenvalue weighted by Crippen LogP contribution is 2.33. The van der Waals surface area contributed by atoms with E-state index in [2.05, 4.69) is 31.7 Å². The van der Waals surface area contributed by atoms with Crippen molar-refractivity contribution in [2.45, 2.75) is 13.8 Å². The van der Waals surface area contributed by atoms with Gasteiger partial charge >= 0.3 is 0 Å². The van der Waals surface area contributed by atoms with Gasteiger partial charge in [-0.25, -0.2) is 0 Å². The number of anilines is 4. The van der Waals surface area contributed by atoms with Crippen LogP contribution in [0.15, 0.2) is 95.1 Å². The number of carbonyl (C=O) groups excluding carboxylic acids is 4. The molecule has 0 aliphatic carbocycles. The SMILES string of the molecule is CC(=O)C(=NNc1ccc(-c2ccc(NN=C(C(C)=O)C(=O)Nc3ccccc3Cl)c(Cl)c2)cc1Cl)C(=O)Nc1ccccc1Cl. The fraction of sp³-hybridized carbons (Fsp3) is 0.0625. The Labute approximate surface area is 283 Å². The first-order valence-electron chi connectivity index (χ1n) is 13.3. The van der Waals surface area contributed by atoms with Gasteiger partial charge in [-0.15, -0.1) is 0 Å². The Balaban J connectivity index is 1.47. The summed E-state index contributed by atoms with van der Waals surface area (Å²) in [4.78, 5) is 49.6. The van der Waals surface area contributed by atoms with E-state index in [-0.39, 0.29) is 21.5 Å². The van der Waals surface area contributed by atoms with Gasteiger partial charge in [-0.1, -0.05) is 82.8 Å². The summed E-state index contributed by atoms with van der Waals surface area (Å²) in [6.45, 7) is 2.42. The van der Waals surface area contributed by atoms with Crippen LogP contribution in [-0.2, 0) is 19.2 Å². The normalized spacial score (nSPS) is 11.4. The van der Waals surface area contributed by atoms with Crippen molar-refractivity contribution in [2.75, 3.05) is 21.5 Å². The lowest BCUT2D eigenvalue weighted by Crippen LogP contribution is -2.29. The molecule has 4 rings (SSSR count). The molecule has 4 aromatic rings. The minimum atomic E-state index is -0.745. The number of Topliss-reactive ketones (excluding diaryl/α,β-unsaturated/α-hetero) is 2. The molecule has 0 heterocycles. The van der Waals surface area contributed by atoms with E-state index < -0.39 is 23.4 Å². The minimum Gasteiger partial charge on any atom is -0.319 e. The molecule has 0 radical (unpaired) electrons. The molecular weight excluding hydrogens is 674 g/mol. The van der Waals surface area contributed by atoms with Crippen LogP contribution in [-0.4, -0.2) is 34.8 Å². The number of hydrogen-bond acceptors (Lipinski definition) is 8. The average Bonchev–Trinajstić information content (AvgIpc) is 3.00. The lowest BCUT2D eigenvalue weighted by atomic mass is 10.0. The summed E-state index contributed by atoms with van der Waals surface area (Å²) in [5, 5.41) is 14.2. The predicted octanol–water partition coefficient (Wildman–Crippen LogP) is 7.96. The van der Waals surface area contributed by atoms with Crippen molar-refractivity contribution in [3.8, 4) is 11.1 Å². The van der Waals surface area contributed by atoms with Crippen LogP contribution in [0.25, 0.3) is 11.1 Å². The summed E-state index contributed by atoms with van der Waals surface area (Å²) < 4.78 is 0. The number of amides is 2. The van der Waals surface area contributed by atoms with Crippen LogP contribution < -0.4 is 21.5 Å². The van der Waals surface area contributed by atoms with Crippen molar-refractivity contribution in [3.05, 3.63) is 105 Å². The highest BCUT2D eigenvalue weighted by Gasteiger charge is 2.20. The van der Waals surface area contributed by atoms with Gasteiger partial charge in [0.05, 0.1) is 42.8 Å². The summed E-state index contributed by atoms with van der Waals surface area (Å²) >= 11 is 25.1. The van der Waals surface area contributed by atoms with E-state index in [0.29, 0.717) is 43.9 Å². The second-order valence-electron chi connectivity index (χ2n) is 9.51. The molecule has 0 saturated carbocycles. The van der Waals surface area contributed by atoms with Gasteiger partial charge in [0.15, 0.2) is 23.0 Å². The fourth-order valence-corrected chi connectivity index (χ4v) is 4.68. The third-order valence-electron chi connectivity index (χ3n) is 6.19. The van der Waals surface area contributed by atoms with Crippen molar-refractivity contribution in [2.24, 2.45) is 10.2 Å². The monoisotopic (exact) mass is 696 g/mol. The molecule has 4 aromatic carbocycles. The van der Waals surface area contributed by atoms with E-state index in [1.54, 1.807) is 84.9 Å². The largest absolute Gasteiger partial charge is 0.319 e. The Bertz CT molecular complexity index is 1770. The Kier molecular flexibility index (Phi) is 11.5. The van der Waals surface area contributed by atoms with Crippen LogP contribution in [0.5, 0.6) is 0 Å². The molecule has 14 heteroatoms. The number of nitrogens with one attached hydrogen (secondary N) is 4. The molecule has 234 valence electrons. The first-order valence-corrected chi connectivity index (χ1v) is 14.9. The van der Waals surface area contributed by atoms with E-state index in [9.17, 15) is 19.2 Å². The van der Waals surface area contributed by atoms with Crippen LogP contribution in [0.2, 0.25) is 20.1 Å². The molecule has 10 nitrogen and oxygen atoms in total. The number of benzene rings is 4. The molecule has 0 unspecified atom stereocenters. The number of halogens is 4. The van der Waals surface area contributed by atoms with E-state index in [1.165, 1.54) is 13.8 Å². The highest BCUT2D eigenvalue weighted by molar-refractivity contribution is 6.68. The maximum atomic E-state index is 12.7. The van der Waals surface area contributed by atoms with Crippen LogP contribution in [0.3, 0.4) is 0 Å². The summed E-state index contributed by atoms with van der Waals surface area (Å²) in [6, 6.07) is 23.1. The number of nitrogens with zero attached hydrogens (tertiary/aromatic N) is 2. The zero-order chi connectivity index (χ0) is 33.4. The molecule has 4 N–H and O–H groups in total. The summed E-state index contributed by atoms with van der Waals surface area (Å²) in [5.74, 6) is -2.64. The van der Waals surface area contributed by atoms with Gasteiger partial charge in [0, 0.05) is 13.8 Å². The van der Waals surface area contributed by atoms with Crippen LogP contribution in [0.4, 0.5) is 22.7 Å². The molecule has 0 spiro atoms. The quantitative estimate of drug-likeness (QED) is 0.0712. The van der Waals surface area contributed by atoms with Gasteiger partial charge in [0.2, 0.25) is 0 Å². The molecular formula is C32H24Cl4N6O4. The van der Waals surface area contributed by atoms with E-state index in [1.807, 2.05) is 0 Å². The zero-order valence-electron chi connectivity index (χ0n) is 24.1. The summed E-state index contributed by atoms with van der Waals surface area (Å²) in [6.07, 6.45) is 0.